The predicted octanol–water partition coefficient (Wildman–Crippen LogP) is 13.2. The smallest absolute Gasteiger partial charge is 0.265 e. The number of carbonyl (C=O) groups is 4. The van der Waals surface area contributed by atoms with Crippen LogP contribution < -0.4 is 19.3 Å². The molecule has 0 unspecified atom stereocenters. The highest BCUT2D eigenvalue weighted by molar-refractivity contribution is 6.75. The normalized spacial score (nSPS) is 24.8. The largest absolute Gasteiger partial charge is 0.507 e. The molecule has 0 saturated heterocycles. The topological polar surface area (TPSA) is 249 Å². The molecule has 2 heterocycles. The van der Waals surface area contributed by atoms with Crippen LogP contribution in [0.5, 0.6) is 11.8 Å². The lowest BCUT2D eigenvalue weighted by Gasteiger charge is -2.58. The van der Waals surface area contributed by atoms with Gasteiger partial charge in [0.2, 0.25) is 23.1 Å². The Morgan fingerprint density at radius 1 is 0.545 bits per heavy atom. The van der Waals surface area contributed by atoms with Crippen LogP contribution in [0.3, 0.4) is 0 Å². The summed E-state index contributed by atoms with van der Waals surface area (Å²) >= 11 is 0. The number of fused-ring (bicyclic) bond motifs is 8. The van der Waals surface area contributed by atoms with E-state index in [1.165, 1.54) is 0 Å². The number of benzene rings is 4. The van der Waals surface area contributed by atoms with Crippen LogP contribution in [0.15, 0.2) is 105 Å². The van der Waals surface area contributed by atoms with E-state index in [-0.39, 0.29) is 95.1 Å². The van der Waals surface area contributed by atoms with Gasteiger partial charge < -0.3 is 62.0 Å². The first-order chi connectivity index (χ1) is 47.3. The van der Waals surface area contributed by atoms with Gasteiger partial charge in [0.25, 0.3) is 11.8 Å². The first-order valence-corrected chi connectivity index (χ1v) is 40.6. The molecule has 0 radical (unpaired) electrons. The Hall–Kier alpha value is -7.59. The van der Waals surface area contributed by atoms with Gasteiger partial charge in [-0.25, -0.2) is 0 Å². The Morgan fingerprint density at radius 2 is 0.921 bits per heavy atom. The number of aliphatic hydroxyl groups excluding tert-OH is 3. The Labute approximate surface area is 596 Å². The van der Waals surface area contributed by atoms with Crippen molar-refractivity contribution >= 4 is 62.7 Å². The number of hydrogen-bond acceptors (Lipinski definition) is 21. The summed E-state index contributed by atoms with van der Waals surface area (Å²) in [5.74, 6) is -3.53. The van der Waals surface area contributed by atoms with Crippen LogP contribution in [0.2, 0.25) is 36.3 Å². The molecule has 0 aliphatic heterocycles. The third-order valence-electron chi connectivity index (χ3n) is 23.1. The summed E-state index contributed by atoms with van der Waals surface area (Å²) in [5, 5.41) is 43.9. The van der Waals surface area contributed by atoms with E-state index in [1.807, 2.05) is 201 Å². The molecule has 0 bridgehead atoms. The summed E-state index contributed by atoms with van der Waals surface area (Å²) < 4.78 is 50.3. The fraction of sp³-hybridized carbons (Fsp3) is 0.513. The van der Waals surface area contributed by atoms with Gasteiger partial charge in [0, 0.05) is 91.6 Å². The van der Waals surface area contributed by atoms with Crippen LogP contribution in [0.4, 0.5) is 11.4 Å². The molecule has 2 aromatic heterocycles. The number of aromatic nitrogens is 2. The monoisotopic (exact) mass is 1420 g/mol. The van der Waals surface area contributed by atoms with Crippen molar-refractivity contribution in [1.29, 1.82) is 0 Å². The molecule has 3 N–H and O–H groups in total. The van der Waals surface area contributed by atoms with E-state index in [1.54, 1.807) is 7.11 Å². The molecule has 2 saturated carbocycles. The second-order valence-corrected chi connectivity index (χ2v) is 42.0. The van der Waals surface area contributed by atoms with Crippen molar-refractivity contribution in [3.63, 3.8) is 0 Å². The molecule has 0 spiro atoms. The molecular weight excluding hydrogens is 1320 g/mol. The number of aryl methyl sites for hydroxylation is 2. The van der Waals surface area contributed by atoms with Crippen molar-refractivity contribution in [2.24, 2.45) is 22.7 Å². The molecule has 6 aliphatic rings. The zero-order valence-electron chi connectivity index (χ0n) is 62.7. The zero-order valence-corrected chi connectivity index (χ0v) is 64.7. The lowest BCUT2D eigenvalue weighted by Crippen LogP contribution is -2.70. The number of methoxy groups -OCH3 is 1. The van der Waals surface area contributed by atoms with Gasteiger partial charge in [-0.3, -0.25) is 29.0 Å². The minimum atomic E-state index is -2.90. The van der Waals surface area contributed by atoms with Crippen molar-refractivity contribution in [3.8, 4) is 11.8 Å². The van der Waals surface area contributed by atoms with Crippen LogP contribution >= 0.6 is 0 Å². The highest BCUT2D eigenvalue weighted by Gasteiger charge is 2.74. The third-order valence-corrected chi connectivity index (χ3v) is 32.0. The molecule has 12 rings (SSSR count). The summed E-state index contributed by atoms with van der Waals surface area (Å²) in [6.07, 6.45) is 1.14. The van der Waals surface area contributed by atoms with E-state index in [0.717, 1.165) is 44.8 Å². The number of aliphatic hydroxyl groups is 3. The molecule has 542 valence electrons. The van der Waals surface area contributed by atoms with E-state index in [4.69, 9.17) is 36.8 Å². The zero-order chi connectivity index (χ0) is 73.8. The van der Waals surface area contributed by atoms with Gasteiger partial charge in [0.05, 0.1) is 25.3 Å². The number of ketones is 4. The minimum absolute atomic E-state index is 0.00202. The van der Waals surface area contributed by atoms with Crippen LogP contribution in [0, 0.1) is 36.5 Å². The fourth-order valence-corrected chi connectivity index (χ4v) is 19.1. The molecular formula is C78H102N6O15Si2. The van der Waals surface area contributed by atoms with Crippen molar-refractivity contribution in [2.75, 3.05) is 93.3 Å². The van der Waals surface area contributed by atoms with E-state index < -0.39 is 92.3 Å². The molecule has 2 fully saturated rings. The maximum Gasteiger partial charge on any atom is 0.265 e. The Bertz CT molecular complexity index is 4280. The maximum atomic E-state index is 16.0. The number of rotatable bonds is 19. The van der Waals surface area contributed by atoms with E-state index in [2.05, 4.69) is 51.9 Å². The molecule has 23 heteroatoms. The average molecular weight is 1420 g/mol. The number of carbonyl (C=O) groups excluding carboxylic acids is 4. The number of hydrogen-bond donors (Lipinski definition) is 3. The fourth-order valence-electron chi connectivity index (χ4n) is 16.2. The van der Waals surface area contributed by atoms with Gasteiger partial charge in [-0.1, -0.05) is 114 Å². The number of Topliss-reactive ketones (excluding diaryl/α,β-unsaturated/α-hetero) is 4. The van der Waals surface area contributed by atoms with Gasteiger partial charge in [-0.05, 0) is 160 Å². The predicted molar refractivity (Wildman–Crippen MR) is 392 cm³/mol. The number of nitrogens with zero attached hydrogens (tertiary/aromatic N) is 6. The second-order valence-electron chi connectivity index (χ2n) is 32.5. The first kappa shape index (κ1) is 74.6. The molecule has 8 atom stereocenters. The second kappa shape index (κ2) is 26.9. The van der Waals surface area contributed by atoms with E-state index >= 15 is 19.2 Å². The first-order valence-electron chi connectivity index (χ1n) is 34.7. The van der Waals surface area contributed by atoms with Crippen molar-refractivity contribution in [2.45, 2.75) is 154 Å². The lowest BCUT2D eigenvalue weighted by atomic mass is 9.51. The highest BCUT2D eigenvalue weighted by Crippen LogP contribution is 2.65. The van der Waals surface area contributed by atoms with Gasteiger partial charge in [-0.2, -0.15) is 0 Å². The van der Waals surface area contributed by atoms with Crippen LogP contribution in [-0.4, -0.2) is 170 Å². The summed E-state index contributed by atoms with van der Waals surface area (Å²) in [4.78, 5) is 70.4. The molecule has 0 amide bonds. The van der Waals surface area contributed by atoms with Crippen LogP contribution in [0.1, 0.15) is 143 Å². The molecule has 6 aliphatic carbocycles. The van der Waals surface area contributed by atoms with Crippen molar-refractivity contribution < 1.29 is 71.3 Å². The van der Waals surface area contributed by atoms with E-state index in [9.17, 15) is 15.3 Å². The average Bonchev–Trinajstić information content (AvgIpc) is 1.60. The van der Waals surface area contributed by atoms with Crippen molar-refractivity contribution in [3.05, 3.63) is 163 Å². The van der Waals surface area contributed by atoms with Gasteiger partial charge in [0.1, 0.15) is 42.7 Å². The van der Waals surface area contributed by atoms with Gasteiger partial charge in [-0.15, -0.1) is 0 Å². The molecule has 101 heavy (non-hydrogen) atoms. The van der Waals surface area contributed by atoms with Gasteiger partial charge in [0.15, 0.2) is 39.4 Å². The lowest BCUT2D eigenvalue weighted by molar-refractivity contribution is -0.148. The highest BCUT2D eigenvalue weighted by atomic mass is 28.4. The molecule has 6 aromatic rings. The minimum Gasteiger partial charge on any atom is -0.507 e. The number of anilines is 2. The summed E-state index contributed by atoms with van der Waals surface area (Å²) in [6, 6.07) is 25.8. The number of ether oxygens (including phenoxy) is 4. The van der Waals surface area contributed by atoms with Crippen LogP contribution in [0.25, 0.3) is 11.5 Å². The summed E-state index contributed by atoms with van der Waals surface area (Å²) in [6.45, 7) is 24.3. The molecule has 21 nitrogen and oxygen atoms in total. The Balaban J connectivity index is 0.000000204. The SMILES string of the molecule is COCOC[C@@]12Cc3c(N(C)C)ccc(C)c3C(O)=C1C(=O)[C@]1(O[Si](C)(C)C(C)(C)C)C(=O)c3c(OCc4ccccc4)noc3[C@@H](N(C)C)[C@@H]1C2.Cc1ccc(N(C)C)c2c1C(O)=C1C(=O)[C@]3(O[Si](C)(C)C(C)(C)C)C(=O)c4c(OCc5ccccc5)noc4[C@@H](N(C)C)[C@@H]3C[C@]1(CO)C2. The van der Waals surface area contributed by atoms with Crippen LogP contribution in [-0.2, 0) is 54.0 Å². The molecule has 4 aromatic carbocycles. The Kier molecular flexibility index (Phi) is 19.9. The van der Waals surface area contributed by atoms with Gasteiger partial charge >= 0.3 is 0 Å². The van der Waals surface area contributed by atoms with E-state index in [0.29, 0.717) is 35.5 Å². The van der Waals surface area contributed by atoms with Crippen molar-refractivity contribution in [1.82, 2.24) is 20.1 Å². The standard InChI is InChI=1S/C40H53N3O8Si.C38H49N3O7Si/c1-24-17-18-28(42(5)6)26-19-39(22-48-23-47-9)20-27-32(43(7)8)34-30(37(41-50-34)49-21-25-15-13-12-14-16-25)35(45)40(27,51-52(10,11)38(2,3)4)36(46)31(39)33(44)29(24)26;1-22-16-17-26(40(5)6)24-18-37(21-42)19-25-30(41(7)8)32-28(35(39-47-32)46-20-23-14-12-11-13-15-23)33(44)38(25,48-49(9,10)36(2,3)4)34(45)29(37)31(43)27(22)24/h12-18,27,32,44H,19-23H2,1-11H3;11-17,25,30,42-43H,18-21H2,1-10H3/t27-,32-,39-,40+;25-,30-,37-,38+/m00/s1. The third kappa shape index (κ3) is 12.1. The maximum absolute atomic E-state index is 16.0. The quantitative estimate of drug-likeness (QED) is 0.0295. The summed E-state index contributed by atoms with van der Waals surface area (Å²) in [5.41, 5.74) is 2.25. The Morgan fingerprint density at radius 3 is 1.28 bits per heavy atom. The summed E-state index contributed by atoms with van der Waals surface area (Å²) in [7, 11) is 11.1.